The fraction of sp³-hybridized carbons (Fsp3) is 0.500. The molecule has 1 aliphatic rings. The highest BCUT2D eigenvalue weighted by Gasteiger charge is 2.34. The second-order valence-corrected chi connectivity index (χ2v) is 6.18. The Kier molecular flexibility index (Phi) is 2.93. The lowest BCUT2D eigenvalue weighted by Crippen LogP contribution is -2.06. The Bertz CT molecular complexity index is 344. The van der Waals surface area contributed by atoms with Crippen molar-refractivity contribution >= 4 is 33.2 Å². The summed E-state index contributed by atoms with van der Waals surface area (Å²) in [5.41, 5.74) is 0. The number of carboxylic acid groups (broad SMARTS) is 1. The van der Waals surface area contributed by atoms with Gasteiger partial charge in [0.05, 0.1) is 10.2 Å². The van der Waals surface area contributed by atoms with E-state index >= 15 is 0 Å². The van der Waals surface area contributed by atoms with Gasteiger partial charge < -0.3 is 5.11 Å². The smallest absolute Gasteiger partial charge is 0.304 e. The molecule has 0 amide bonds. The molecule has 0 radical (unpaired) electrons. The van der Waals surface area contributed by atoms with Gasteiger partial charge in [0.25, 0.3) is 0 Å². The predicted molar refractivity (Wildman–Crippen MR) is 59.7 cm³/mol. The first-order chi connectivity index (χ1) is 6.66. The van der Waals surface area contributed by atoms with Crippen LogP contribution in [0.4, 0.5) is 0 Å². The molecular formula is C10H11BrO2S. The molecule has 2 nitrogen and oxygen atoms in total. The van der Waals surface area contributed by atoms with E-state index in [4.69, 9.17) is 5.11 Å². The first kappa shape index (κ1) is 10.2. The van der Waals surface area contributed by atoms with Crippen molar-refractivity contribution in [1.29, 1.82) is 0 Å². The van der Waals surface area contributed by atoms with Crippen molar-refractivity contribution in [3.8, 4) is 0 Å². The second kappa shape index (κ2) is 4.03. The summed E-state index contributed by atoms with van der Waals surface area (Å²) in [5.74, 6) is 0.159. The third kappa shape index (κ3) is 2.36. The molecule has 0 spiro atoms. The number of thiophene rings is 1. The lowest BCUT2D eigenvalue weighted by molar-refractivity contribution is -0.137. The van der Waals surface area contributed by atoms with Gasteiger partial charge in [-0.1, -0.05) is 0 Å². The number of aliphatic carboxylic acids is 1. The number of rotatable bonds is 4. The van der Waals surface area contributed by atoms with Gasteiger partial charge >= 0.3 is 5.97 Å². The van der Waals surface area contributed by atoms with Crippen LogP contribution in [0.3, 0.4) is 0 Å². The van der Waals surface area contributed by atoms with E-state index in [-0.39, 0.29) is 12.3 Å². The molecule has 0 aliphatic heterocycles. The summed E-state index contributed by atoms with van der Waals surface area (Å²) in [7, 11) is 0. The van der Waals surface area contributed by atoms with Crippen molar-refractivity contribution in [3.63, 3.8) is 0 Å². The number of carbonyl (C=O) groups is 1. The molecule has 0 saturated heterocycles. The summed E-state index contributed by atoms with van der Waals surface area (Å²) < 4.78 is 1.09. The van der Waals surface area contributed by atoms with E-state index < -0.39 is 5.97 Å². The summed E-state index contributed by atoms with van der Waals surface area (Å²) in [4.78, 5) is 11.9. The summed E-state index contributed by atoms with van der Waals surface area (Å²) in [6.07, 6.45) is 2.65. The first-order valence-electron chi connectivity index (χ1n) is 4.64. The predicted octanol–water partition coefficient (Wildman–Crippen LogP) is 3.48. The molecule has 1 atom stereocenters. The zero-order valence-electron chi connectivity index (χ0n) is 7.57. The average molecular weight is 275 g/mol. The van der Waals surface area contributed by atoms with Gasteiger partial charge in [0.1, 0.15) is 0 Å². The van der Waals surface area contributed by atoms with E-state index in [1.807, 2.05) is 12.1 Å². The van der Waals surface area contributed by atoms with Gasteiger partial charge in [0.15, 0.2) is 0 Å². The van der Waals surface area contributed by atoms with Crippen molar-refractivity contribution in [2.75, 3.05) is 0 Å². The van der Waals surface area contributed by atoms with Crippen LogP contribution < -0.4 is 0 Å². The number of carboxylic acids is 1. The van der Waals surface area contributed by atoms with Crippen LogP contribution in [0.5, 0.6) is 0 Å². The third-order valence-electron chi connectivity index (χ3n) is 2.55. The highest BCUT2D eigenvalue weighted by Crippen LogP contribution is 2.46. The quantitative estimate of drug-likeness (QED) is 0.913. The van der Waals surface area contributed by atoms with Crippen LogP contribution in [0, 0.1) is 5.92 Å². The van der Waals surface area contributed by atoms with E-state index in [0.717, 1.165) is 3.79 Å². The molecule has 1 aliphatic carbocycles. The first-order valence-corrected chi connectivity index (χ1v) is 6.25. The van der Waals surface area contributed by atoms with Gasteiger partial charge in [-0.05, 0) is 46.8 Å². The van der Waals surface area contributed by atoms with E-state index in [1.54, 1.807) is 11.3 Å². The minimum Gasteiger partial charge on any atom is -0.481 e. The number of hydrogen-bond acceptors (Lipinski definition) is 2. The average Bonchev–Trinajstić information content (AvgIpc) is 2.85. The van der Waals surface area contributed by atoms with Crippen LogP contribution in [0.1, 0.15) is 30.1 Å². The molecule has 1 heterocycles. The van der Waals surface area contributed by atoms with Crippen LogP contribution in [0.2, 0.25) is 0 Å². The normalized spacial score (nSPS) is 18.1. The summed E-state index contributed by atoms with van der Waals surface area (Å²) >= 11 is 5.07. The Labute approximate surface area is 95.1 Å². The molecule has 1 aromatic rings. The molecule has 1 unspecified atom stereocenters. The van der Waals surface area contributed by atoms with Gasteiger partial charge in [-0.15, -0.1) is 11.3 Å². The lowest BCUT2D eigenvalue weighted by Gasteiger charge is -2.10. The molecule has 76 valence electrons. The van der Waals surface area contributed by atoms with Gasteiger partial charge in [-0.2, -0.15) is 0 Å². The van der Waals surface area contributed by atoms with E-state index in [1.165, 1.54) is 17.7 Å². The summed E-state index contributed by atoms with van der Waals surface area (Å²) in [6, 6.07) is 4.04. The summed E-state index contributed by atoms with van der Waals surface area (Å²) in [6.45, 7) is 0. The van der Waals surface area contributed by atoms with Crippen LogP contribution in [0.15, 0.2) is 15.9 Å². The minimum absolute atomic E-state index is 0.240. The maximum Gasteiger partial charge on any atom is 0.304 e. The van der Waals surface area contributed by atoms with E-state index in [0.29, 0.717) is 5.92 Å². The molecule has 0 bridgehead atoms. The van der Waals surface area contributed by atoms with Crippen LogP contribution >= 0.6 is 27.3 Å². The maximum atomic E-state index is 10.7. The molecule has 1 fully saturated rings. The van der Waals surface area contributed by atoms with Crippen LogP contribution in [0.25, 0.3) is 0 Å². The highest BCUT2D eigenvalue weighted by atomic mass is 79.9. The van der Waals surface area contributed by atoms with E-state index in [9.17, 15) is 4.79 Å². The zero-order chi connectivity index (χ0) is 10.1. The molecule has 0 aromatic carbocycles. The Morgan fingerprint density at radius 3 is 2.79 bits per heavy atom. The highest BCUT2D eigenvalue weighted by molar-refractivity contribution is 9.11. The van der Waals surface area contributed by atoms with Crippen molar-refractivity contribution < 1.29 is 9.90 Å². The molecule has 14 heavy (non-hydrogen) atoms. The fourth-order valence-electron chi connectivity index (χ4n) is 1.71. The molecule has 1 aromatic heterocycles. The molecule has 1 saturated carbocycles. The Hall–Kier alpha value is -0.350. The maximum absolute atomic E-state index is 10.7. The van der Waals surface area contributed by atoms with Gasteiger partial charge in [0.2, 0.25) is 0 Å². The second-order valence-electron chi connectivity index (χ2n) is 3.68. The number of hydrogen-bond donors (Lipinski definition) is 1. The van der Waals surface area contributed by atoms with Crippen molar-refractivity contribution in [2.45, 2.75) is 25.2 Å². The third-order valence-corrected chi connectivity index (χ3v) is 4.30. The van der Waals surface area contributed by atoms with Gasteiger partial charge in [-0.25, -0.2) is 0 Å². The molecule has 2 rings (SSSR count). The standard InChI is InChI=1S/C10H11BrO2S/c11-9-4-3-8(14-9)7(5-10(12)13)6-1-2-6/h3-4,6-7H,1-2,5H2,(H,12,13). The number of halogens is 1. The summed E-state index contributed by atoms with van der Waals surface area (Å²) in [5, 5.41) is 8.82. The van der Waals surface area contributed by atoms with Crippen LogP contribution in [-0.4, -0.2) is 11.1 Å². The largest absolute Gasteiger partial charge is 0.481 e. The topological polar surface area (TPSA) is 37.3 Å². The fourth-order valence-corrected chi connectivity index (χ4v) is 3.33. The molecule has 4 heteroatoms. The molecule has 1 N–H and O–H groups in total. The SMILES string of the molecule is O=C(O)CC(c1ccc(Br)s1)C1CC1. The minimum atomic E-state index is -0.688. The van der Waals surface area contributed by atoms with Crippen LogP contribution in [-0.2, 0) is 4.79 Å². The Morgan fingerprint density at radius 1 is 1.64 bits per heavy atom. The van der Waals surface area contributed by atoms with Gasteiger partial charge in [-0.3, -0.25) is 4.79 Å². The Balaban J connectivity index is 2.13. The van der Waals surface area contributed by atoms with E-state index in [2.05, 4.69) is 15.9 Å². The lowest BCUT2D eigenvalue weighted by atomic mass is 9.98. The Morgan fingerprint density at radius 2 is 2.36 bits per heavy atom. The zero-order valence-corrected chi connectivity index (χ0v) is 9.97. The van der Waals surface area contributed by atoms with Crippen molar-refractivity contribution in [3.05, 3.63) is 20.8 Å². The van der Waals surface area contributed by atoms with Crippen molar-refractivity contribution in [2.24, 2.45) is 5.92 Å². The van der Waals surface area contributed by atoms with Gasteiger partial charge in [0, 0.05) is 10.8 Å². The molecular weight excluding hydrogens is 264 g/mol. The van der Waals surface area contributed by atoms with Crippen molar-refractivity contribution in [1.82, 2.24) is 0 Å². The monoisotopic (exact) mass is 274 g/mol.